The van der Waals surface area contributed by atoms with E-state index in [-0.39, 0.29) is 16.6 Å². The summed E-state index contributed by atoms with van der Waals surface area (Å²) in [5, 5.41) is 0.0899. The Morgan fingerprint density at radius 1 is 1.18 bits per heavy atom. The Balaban J connectivity index is 2.03. The van der Waals surface area contributed by atoms with E-state index in [4.69, 9.17) is 11.6 Å². The molecule has 0 aliphatic carbocycles. The summed E-state index contributed by atoms with van der Waals surface area (Å²) in [4.78, 5) is 33.0. The first-order chi connectivity index (χ1) is 13.1. The molecule has 3 aromatic rings. The van der Waals surface area contributed by atoms with E-state index in [0.29, 0.717) is 9.59 Å². The minimum Gasteiger partial charge on any atom is -0.297 e. The van der Waals surface area contributed by atoms with E-state index >= 15 is 0 Å². The predicted octanol–water partition coefficient (Wildman–Crippen LogP) is 3.89. The van der Waals surface area contributed by atoms with Gasteiger partial charge in [-0.3, -0.25) is 19.1 Å². The third-order valence-electron chi connectivity index (χ3n) is 4.02. The van der Waals surface area contributed by atoms with Gasteiger partial charge >= 0.3 is 6.18 Å². The van der Waals surface area contributed by atoms with E-state index in [2.05, 4.69) is 9.97 Å². The van der Waals surface area contributed by atoms with Gasteiger partial charge < -0.3 is 0 Å². The number of halogens is 5. The van der Waals surface area contributed by atoms with E-state index in [0.717, 1.165) is 18.5 Å². The maximum Gasteiger partial charge on any atom is 0.391 e. The molecule has 5 nitrogen and oxygen atoms in total. The summed E-state index contributed by atoms with van der Waals surface area (Å²) < 4.78 is 53.3. The molecule has 0 aliphatic heterocycles. The number of fused-ring (bicyclic) bond motifs is 1. The lowest BCUT2D eigenvalue weighted by atomic mass is 10.0. The second-order valence-corrected chi connectivity index (χ2v) is 6.50. The van der Waals surface area contributed by atoms with Crippen molar-refractivity contribution in [2.45, 2.75) is 25.1 Å². The summed E-state index contributed by atoms with van der Waals surface area (Å²) >= 11 is 5.70. The second-order valence-electron chi connectivity index (χ2n) is 6.06. The summed E-state index contributed by atoms with van der Waals surface area (Å²) in [5.41, 5.74) is -0.620. The van der Waals surface area contributed by atoms with Crippen molar-refractivity contribution in [1.82, 2.24) is 14.5 Å². The van der Waals surface area contributed by atoms with Gasteiger partial charge in [0.05, 0.1) is 35.1 Å². The minimum atomic E-state index is -4.72. The predicted molar refractivity (Wildman–Crippen MR) is 93.6 cm³/mol. The largest absolute Gasteiger partial charge is 0.391 e. The van der Waals surface area contributed by atoms with Crippen molar-refractivity contribution in [2.24, 2.45) is 0 Å². The van der Waals surface area contributed by atoms with Crippen molar-refractivity contribution in [3.05, 3.63) is 69.7 Å². The smallest absolute Gasteiger partial charge is 0.297 e. The van der Waals surface area contributed by atoms with Crippen LogP contribution in [-0.4, -0.2) is 26.5 Å². The quantitative estimate of drug-likeness (QED) is 0.595. The van der Waals surface area contributed by atoms with E-state index in [9.17, 15) is 27.2 Å². The molecule has 1 unspecified atom stereocenters. The molecule has 2 heterocycles. The third kappa shape index (κ3) is 4.53. The molecule has 3 rings (SSSR count). The Kier molecular flexibility index (Phi) is 5.46. The normalized spacial score (nSPS) is 12.9. The fraction of sp³-hybridized carbons (Fsp3) is 0.222. The number of carbonyl (C=O) groups excluding carboxylic acids is 1. The zero-order valence-corrected chi connectivity index (χ0v) is 14.8. The van der Waals surface area contributed by atoms with Crippen LogP contribution in [0.3, 0.4) is 0 Å². The molecule has 0 bridgehead atoms. The van der Waals surface area contributed by atoms with Crippen LogP contribution in [0.1, 0.15) is 18.2 Å². The van der Waals surface area contributed by atoms with E-state index in [1.54, 1.807) is 0 Å². The summed E-state index contributed by atoms with van der Waals surface area (Å²) in [7, 11) is 0. The van der Waals surface area contributed by atoms with Crippen LogP contribution in [0.2, 0.25) is 5.02 Å². The number of carbonyl (C=O) groups is 1. The number of ketones is 1. The molecule has 0 radical (unpaired) electrons. The molecule has 0 spiro atoms. The molecular weight excluding hydrogens is 402 g/mol. The number of benzene rings is 1. The Hall–Kier alpha value is -2.81. The molecule has 0 saturated heterocycles. The molecule has 10 heteroatoms. The summed E-state index contributed by atoms with van der Waals surface area (Å²) in [5.74, 6) is -1.62. The van der Waals surface area contributed by atoms with Crippen LogP contribution in [0, 0.1) is 5.82 Å². The van der Waals surface area contributed by atoms with Crippen molar-refractivity contribution in [3.8, 4) is 0 Å². The molecule has 0 aliphatic rings. The topological polar surface area (TPSA) is 64.8 Å². The molecule has 146 valence electrons. The maximum atomic E-state index is 13.5. The van der Waals surface area contributed by atoms with Gasteiger partial charge in [0, 0.05) is 11.9 Å². The highest BCUT2D eigenvalue weighted by atomic mass is 35.5. The molecule has 2 aromatic heterocycles. The highest BCUT2D eigenvalue weighted by molar-refractivity contribution is 6.30. The standard InChI is InChI=1S/C18H12ClF4N3O2/c19-10-1-3-12(24-8-10)6-16(27)15(7-18(21,22)23)26-9-25-14-4-2-11(20)5-13(14)17(26)28/h1-5,8-9,15H,6-7H2. The molecule has 0 fully saturated rings. The van der Waals surface area contributed by atoms with Crippen LogP contribution in [0.5, 0.6) is 0 Å². The van der Waals surface area contributed by atoms with Crippen LogP contribution < -0.4 is 5.56 Å². The summed E-state index contributed by atoms with van der Waals surface area (Å²) in [6, 6.07) is 4.17. The van der Waals surface area contributed by atoms with Crippen LogP contribution in [0.25, 0.3) is 10.9 Å². The van der Waals surface area contributed by atoms with Crippen LogP contribution >= 0.6 is 11.6 Å². The average Bonchev–Trinajstić information content (AvgIpc) is 2.62. The van der Waals surface area contributed by atoms with Gasteiger partial charge in [-0.15, -0.1) is 0 Å². The van der Waals surface area contributed by atoms with Gasteiger partial charge in [0.2, 0.25) is 0 Å². The average molecular weight is 414 g/mol. The summed E-state index contributed by atoms with van der Waals surface area (Å²) in [6.07, 6.45) is -4.60. The van der Waals surface area contributed by atoms with Crippen molar-refractivity contribution >= 4 is 28.3 Å². The first kappa shape index (κ1) is 19.9. The Labute approximate surface area is 160 Å². The zero-order chi connectivity index (χ0) is 20.5. The van der Waals surface area contributed by atoms with E-state index in [1.165, 1.54) is 24.4 Å². The number of hydrogen-bond acceptors (Lipinski definition) is 4. The Morgan fingerprint density at radius 3 is 2.57 bits per heavy atom. The number of pyridine rings is 1. The lowest BCUT2D eigenvalue weighted by molar-refractivity contribution is -0.151. The van der Waals surface area contributed by atoms with E-state index in [1.807, 2.05) is 0 Å². The van der Waals surface area contributed by atoms with Gasteiger partial charge in [0.25, 0.3) is 5.56 Å². The van der Waals surface area contributed by atoms with Gasteiger partial charge in [-0.25, -0.2) is 9.37 Å². The number of rotatable bonds is 5. The lowest BCUT2D eigenvalue weighted by Crippen LogP contribution is -2.34. The fourth-order valence-corrected chi connectivity index (χ4v) is 2.84. The number of aromatic nitrogens is 3. The maximum absolute atomic E-state index is 13.5. The molecule has 28 heavy (non-hydrogen) atoms. The number of nitrogens with zero attached hydrogens (tertiary/aromatic N) is 3. The highest BCUT2D eigenvalue weighted by Gasteiger charge is 2.37. The van der Waals surface area contributed by atoms with Gasteiger partial charge in [0.1, 0.15) is 11.9 Å². The van der Waals surface area contributed by atoms with Crippen LogP contribution in [0.4, 0.5) is 17.6 Å². The van der Waals surface area contributed by atoms with Crippen molar-refractivity contribution in [2.75, 3.05) is 0 Å². The zero-order valence-electron chi connectivity index (χ0n) is 14.1. The lowest BCUT2D eigenvalue weighted by Gasteiger charge is -2.20. The number of alkyl halides is 3. The first-order valence-corrected chi connectivity index (χ1v) is 8.38. The minimum absolute atomic E-state index is 0.111. The molecule has 1 aromatic carbocycles. The SMILES string of the molecule is O=C(Cc1ccc(Cl)cn1)C(CC(F)(F)F)n1cnc2ccc(F)cc2c1=O. The first-order valence-electron chi connectivity index (χ1n) is 8.00. The molecule has 0 saturated carbocycles. The monoisotopic (exact) mass is 413 g/mol. The van der Waals surface area contributed by atoms with Gasteiger partial charge in [0.15, 0.2) is 5.78 Å². The van der Waals surface area contributed by atoms with Gasteiger partial charge in [-0.1, -0.05) is 11.6 Å². The Morgan fingerprint density at radius 2 is 1.93 bits per heavy atom. The van der Waals surface area contributed by atoms with Crippen molar-refractivity contribution < 1.29 is 22.4 Å². The van der Waals surface area contributed by atoms with Crippen molar-refractivity contribution in [3.63, 3.8) is 0 Å². The van der Waals surface area contributed by atoms with Crippen molar-refractivity contribution in [1.29, 1.82) is 0 Å². The third-order valence-corrected chi connectivity index (χ3v) is 4.24. The highest BCUT2D eigenvalue weighted by Crippen LogP contribution is 2.28. The number of hydrogen-bond donors (Lipinski definition) is 0. The second kappa shape index (κ2) is 7.67. The van der Waals surface area contributed by atoms with Crippen LogP contribution in [0.15, 0.2) is 47.7 Å². The fourth-order valence-electron chi connectivity index (χ4n) is 2.72. The molecule has 0 N–H and O–H groups in total. The van der Waals surface area contributed by atoms with Gasteiger partial charge in [-0.05, 0) is 30.3 Å². The Bertz CT molecular complexity index is 1080. The van der Waals surface area contributed by atoms with E-state index < -0.39 is 42.2 Å². The number of Topliss-reactive ketones (excluding diaryl/α,β-unsaturated/α-hetero) is 1. The molecule has 1 atom stereocenters. The molecular formula is C18H12ClF4N3O2. The molecule has 0 amide bonds. The van der Waals surface area contributed by atoms with Crippen LogP contribution in [-0.2, 0) is 11.2 Å². The van der Waals surface area contributed by atoms with Gasteiger partial charge in [-0.2, -0.15) is 13.2 Å². The summed E-state index contributed by atoms with van der Waals surface area (Å²) in [6.45, 7) is 0.